The summed E-state index contributed by atoms with van der Waals surface area (Å²) in [5.74, 6) is 0.120. The molecule has 1 amide bonds. The predicted molar refractivity (Wildman–Crippen MR) is 142 cm³/mol. The number of ether oxygens (including phenoxy) is 1. The normalized spacial score (nSPS) is 12.8. The first kappa shape index (κ1) is 30.0. The van der Waals surface area contributed by atoms with E-state index in [1.165, 1.54) is 0 Å². The fraction of sp³-hybridized carbons (Fsp3) is 0.259. The van der Waals surface area contributed by atoms with Gasteiger partial charge in [-0.25, -0.2) is 0 Å². The molecule has 0 spiro atoms. The molecule has 0 atom stereocenters. The number of aldehydes is 1. The highest BCUT2D eigenvalue weighted by Gasteiger charge is 2.10. The number of pyridine rings is 1. The second-order valence-corrected chi connectivity index (χ2v) is 6.33. The third kappa shape index (κ3) is 11.6. The predicted octanol–water partition coefficient (Wildman–Crippen LogP) is 4.58. The highest BCUT2D eigenvalue weighted by molar-refractivity contribution is 6.00. The van der Waals surface area contributed by atoms with Crippen LogP contribution in [-0.2, 0) is 9.59 Å². The maximum absolute atomic E-state index is 12.6. The van der Waals surface area contributed by atoms with Crippen LogP contribution >= 0.6 is 0 Å². The fourth-order valence-corrected chi connectivity index (χ4v) is 2.37. The van der Waals surface area contributed by atoms with Gasteiger partial charge < -0.3 is 15.4 Å². The number of nitrogens with zero attached hydrogens (tertiary/aromatic N) is 2. The average molecular weight is 465 g/mol. The van der Waals surface area contributed by atoms with E-state index in [0.717, 1.165) is 11.1 Å². The molecule has 34 heavy (non-hydrogen) atoms. The van der Waals surface area contributed by atoms with Gasteiger partial charge in [-0.15, -0.1) is 0 Å². The zero-order chi connectivity index (χ0) is 25.8. The van der Waals surface area contributed by atoms with Gasteiger partial charge in [-0.2, -0.15) is 0 Å². The molecule has 182 valence electrons. The zero-order valence-corrected chi connectivity index (χ0v) is 21.0. The molecule has 0 aromatic carbocycles. The van der Waals surface area contributed by atoms with Crippen LogP contribution in [-0.4, -0.2) is 44.1 Å². The lowest BCUT2D eigenvalue weighted by molar-refractivity contribution is -0.118. The lowest BCUT2D eigenvalue weighted by atomic mass is 10.2. The van der Waals surface area contributed by atoms with Gasteiger partial charge in [-0.05, 0) is 55.4 Å². The quantitative estimate of drug-likeness (QED) is 0.204. The maximum Gasteiger partial charge on any atom is 0.271 e. The van der Waals surface area contributed by atoms with E-state index < -0.39 is 5.91 Å². The Hall–Kier alpha value is -4.00. The number of nitrogens with one attached hydrogen (secondary N) is 2. The van der Waals surface area contributed by atoms with E-state index in [9.17, 15) is 9.59 Å². The van der Waals surface area contributed by atoms with Crippen LogP contribution < -0.4 is 15.4 Å². The van der Waals surface area contributed by atoms with Crippen LogP contribution in [0.25, 0.3) is 6.08 Å². The Labute approximate surface area is 203 Å². The molecule has 1 heterocycles. The Morgan fingerprint density at radius 1 is 1.26 bits per heavy atom. The van der Waals surface area contributed by atoms with Crippen molar-refractivity contribution in [3.63, 3.8) is 0 Å². The molecule has 0 aliphatic carbocycles. The number of likely N-dealkylation sites (N-methyl/N-ethyl adjacent to an activating group) is 1. The molecule has 1 rings (SSSR count). The number of amides is 1. The standard InChI is InChI=1S/C25H30N4O3.C2H6/c1-6-9-19(7-2)14-22(17-30)29-25(31)24(27-5)15-21-10-11-23(16-28-21)32-18-20(8-3)12-13-26-4;1-2/h6-17,27H,3,18H2,1-2,4-5H3,(H,29,31);1-2H3/b9-6-,19-7+,20-12+,22-14-,24-15-,26-13?;. The van der Waals surface area contributed by atoms with E-state index in [1.807, 2.05) is 52.0 Å². The Morgan fingerprint density at radius 3 is 2.50 bits per heavy atom. The number of carbonyl (C=O) groups is 2. The minimum Gasteiger partial charge on any atom is -0.487 e. The van der Waals surface area contributed by atoms with Gasteiger partial charge in [0.25, 0.3) is 5.91 Å². The Morgan fingerprint density at radius 2 is 2.00 bits per heavy atom. The van der Waals surface area contributed by atoms with Crippen LogP contribution in [0.3, 0.4) is 0 Å². The molecule has 1 aromatic rings. The molecule has 1 aromatic heterocycles. The molecule has 0 aliphatic heterocycles. The average Bonchev–Trinajstić information content (AvgIpc) is 2.88. The van der Waals surface area contributed by atoms with Crippen LogP contribution in [0, 0.1) is 0 Å². The Bertz CT molecular complexity index is 966. The van der Waals surface area contributed by atoms with Gasteiger partial charge in [0.2, 0.25) is 0 Å². The summed E-state index contributed by atoms with van der Waals surface area (Å²) >= 11 is 0. The van der Waals surface area contributed by atoms with Crippen LogP contribution in [0.1, 0.15) is 33.4 Å². The van der Waals surface area contributed by atoms with E-state index >= 15 is 0 Å². The largest absolute Gasteiger partial charge is 0.487 e. The SMILES string of the molecule is C=C/C(=C\C=NC)COc1ccc(/C=C(\NC)C(=O)N\C(C=O)=C/C(/C=C\C)=C/C)nc1.CC. The highest BCUT2D eigenvalue weighted by atomic mass is 16.5. The lowest BCUT2D eigenvalue weighted by Crippen LogP contribution is -2.30. The van der Waals surface area contributed by atoms with Gasteiger partial charge in [-0.3, -0.25) is 19.6 Å². The molecule has 0 saturated heterocycles. The third-order valence-electron chi connectivity index (χ3n) is 4.07. The molecule has 0 bridgehead atoms. The third-order valence-corrected chi connectivity index (χ3v) is 4.07. The Balaban J connectivity index is 0.00000529. The second kappa shape index (κ2) is 18.6. The second-order valence-electron chi connectivity index (χ2n) is 6.33. The summed E-state index contributed by atoms with van der Waals surface area (Å²) in [7, 11) is 3.31. The van der Waals surface area contributed by atoms with Gasteiger partial charge in [-0.1, -0.05) is 44.7 Å². The number of aromatic nitrogens is 1. The van der Waals surface area contributed by atoms with Gasteiger partial charge in [0.15, 0.2) is 6.29 Å². The van der Waals surface area contributed by atoms with Crippen molar-refractivity contribution in [3.8, 4) is 5.75 Å². The molecule has 0 radical (unpaired) electrons. The van der Waals surface area contributed by atoms with Crippen molar-refractivity contribution in [2.24, 2.45) is 4.99 Å². The first-order chi connectivity index (χ1) is 16.5. The van der Waals surface area contributed by atoms with E-state index in [-0.39, 0.29) is 11.4 Å². The van der Waals surface area contributed by atoms with Crippen molar-refractivity contribution >= 4 is 24.5 Å². The summed E-state index contributed by atoms with van der Waals surface area (Å²) in [5, 5.41) is 5.43. The van der Waals surface area contributed by atoms with Crippen LogP contribution in [0.5, 0.6) is 5.75 Å². The summed E-state index contributed by atoms with van der Waals surface area (Å²) < 4.78 is 5.69. The summed E-state index contributed by atoms with van der Waals surface area (Å²) in [6, 6.07) is 3.48. The molecule has 2 N–H and O–H groups in total. The van der Waals surface area contributed by atoms with Crippen molar-refractivity contribution < 1.29 is 14.3 Å². The van der Waals surface area contributed by atoms with Gasteiger partial charge in [0.05, 0.1) is 17.6 Å². The lowest BCUT2D eigenvalue weighted by Gasteiger charge is -2.09. The van der Waals surface area contributed by atoms with Gasteiger partial charge >= 0.3 is 0 Å². The van der Waals surface area contributed by atoms with Crippen LogP contribution in [0.2, 0.25) is 0 Å². The van der Waals surface area contributed by atoms with E-state index in [0.29, 0.717) is 24.3 Å². The van der Waals surface area contributed by atoms with Crippen molar-refractivity contribution in [2.75, 3.05) is 20.7 Å². The number of aliphatic imine (C=N–C) groups is 1. The molecule has 0 unspecified atom stereocenters. The number of hydrogen-bond acceptors (Lipinski definition) is 6. The van der Waals surface area contributed by atoms with Crippen LogP contribution in [0.15, 0.2) is 88.9 Å². The first-order valence-electron chi connectivity index (χ1n) is 11.0. The molecule has 0 saturated carbocycles. The van der Waals surface area contributed by atoms with E-state index in [2.05, 4.69) is 27.2 Å². The van der Waals surface area contributed by atoms with E-state index in [1.54, 1.807) is 56.9 Å². The maximum atomic E-state index is 12.6. The van der Waals surface area contributed by atoms with Crippen LogP contribution in [0.4, 0.5) is 0 Å². The zero-order valence-electron chi connectivity index (χ0n) is 21.0. The molecular formula is C27H36N4O3. The van der Waals surface area contributed by atoms with Gasteiger partial charge in [0, 0.05) is 20.3 Å². The molecule has 7 heteroatoms. The summed E-state index contributed by atoms with van der Waals surface area (Å²) in [6.07, 6.45) is 16.0. The monoisotopic (exact) mass is 464 g/mol. The van der Waals surface area contributed by atoms with Crippen molar-refractivity contribution in [2.45, 2.75) is 27.7 Å². The van der Waals surface area contributed by atoms with Crippen molar-refractivity contribution in [1.29, 1.82) is 0 Å². The molecule has 0 fully saturated rings. The topological polar surface area (TPSA) is 92.7 Å². The molecule has 7 nitrogen and oxygen atoms in total. The number of rotatable bonds is 12. The van der Waals surface area contributed by atoms with Crippen molar-refractivity contribution in [3.05, 3.63) is 89.6 Å². The molecular weight excluding hydrogens is 428 g/mol. The van der Waals surface area contributed by atoms with E-state index in [4.69, 9.17) is 4.74 Å². The number of hydrogen-bond donors (Lipinski definition) is 2. The molecule has 0 aliphatic rings. The fourth-order valence-electron chi connectivity index (χ4n) is 2.37. The summed E-state index contributed by atoms with van der Waals surface area (Å²) in [5.41, 5.74) is 2.64. The minimum absolute atomic E-state index is 0.151. The first-order valence-corrected chi connectivity index (χ1v) is 11.0. The Kier molecular flexibility index (Phi) is 16.4. The number of allylic oxidation sites excluding steroid dienone is 7. The highest BCUT2D eigenvalue weighted by Crippen LogP contribution is 2.13. The summed E-state index contributed by atoms with van der Waals surface area (Å²) in [4.78, 5) is 32.2. The minimum atomic E-state index is -0.456. The summed E-state index contributed by atoms with van der Waals surface area (Å²) in [6.45, 7) is 11.8. The van der Waals surface area contributed by atoms with Gasteiger partial charge in [0.1, 0.15) is 18.1 Å². The smallest absolute Gasteiger partial charge is 0.271 e. The van der Waals surface area contributed by atoms with Crippen molar-refractivity contribution in [1.82, 2.24) is 15.6 Å². The number of carbonyl (C=O) groups excluding carboxylic acids is 2.